The number of aliphatic hydroxyl groups is 2. The van der Waals surface area contributed by atoms with Crippen molar-refractivity contribution in [2.24, 2.45) is 11.8 Å². The van der Waals surface area contributed by atoms with Crippen LogP contribution in [0.1, 0.15) is 97.8 Å². The summed E-state index contributed by atoms with van der Waals surface area (Å²) in [7, 11) is -3.95. The first-order valence-corrected chi connectivity index (χ1v) is 23.4. The molecule has 0 heterocycles. The molecule has 360 valence electrons. The Morgan fingerprint density at radius 3 is 1.54 bits per heavy atom. The number of nitrogens with one attached hydrogen (secondary N) is 3. The third kappa shape index (κ3) is 24.2. The van der Waals surface area contributed by atoms with Crippen LogP contribution in [0, 0.1) is 41.4 Å². The van der Waals surface area contributed by atoms with E-state index in [0.717, 1.165) is 23.1 Å². The number of nitrogens with zero attached hydrogens (tertiary/aromatic N) is 3. The number of carbonyl (C=O) groups excluding carboxylic acids is 2. The van der Waals surface area contributed by atoms with E-state index in [1.165, 1.54) is 4.31 Å². The third-order valence-corrected chi connectivity index (χ3v) is 11.7. The maximum atomic E-state index is 13.6. The minimum Gasteiger partial charge on any atom is -0.444 e. The maximum absolute atomic E-state index is 13.6. The zero-order chi connectivity index (χ0) is 47.9. The van der Waals surface area contributed by atoms with Crippen molar-refractivity contribution in [1.82, 2.24) is 20.3 Å². The largest absolute Gasteiger partial charge is 0.444 e. The number of amides is 2. The van der Waals surface area contributed by atoms with Crippen LogP contribution in [0.4, 0.5) is 9.59 Å². The van der Waals surface area contributed by atoms with Gasteiger partial charge in [0, 0.05) is 32.5 Å². The number of ether oxygens (including phenoxy) is 2. The number of hydrogen-bond donors (Lipinski definition) is 5. The van der Waals surface area contributed by atoms with Crippen molar-refractivity contribution < 1.29 is 43.2 Å². The molecule has 0 saturated heterocycles. The minimum atomic E-state index is -3.95. The van der Waals surface area contributed by atoms with Crippen molar-refractivity contribution >= 4 is 22.2 Å². The van der Waals surface area contributed by atoms with Gasteiger partial charge in [0.1, 0.15) is 11.2 Å². The Kier molecular flexibility index (Phi) is 25.6. The van der Waals surface area contributed by atoms with Gasteiger partial charge in [-0.05, 0) is 116 Å². The normalized spacial score (nSPS) is 14.3. The number of aryl methyl sites for hydroxylation is 1. The Labute approximate surface area is 387 Å². The number of carbonyl (C=O) groups is 2. The van der Waals surface area contributed by atoms with Gasteiger partial charge >= 0.3 is 12.2 Å². The SMILES string of the molecule is CC(CCC#N)CNCC(O)[C@H](Cc1ccccc1)NC(=O)OC(C)(C)C.Cc1ccc(S(=O)(=O)N(CC(C)CCC#N)CC(O)[C@H](Cc2ccccc2)NC(=O)OC(C)(C)C)cc1.O. The van der Waals surface area contributed by atoms with Gasteiger partial charge in [-0.25, -0.2) is 18.0 Å². The van der Waals surface area contributed by atoms with Crippen LogP contribution in [0.3, 0.4) is 0 Å². The monoisotopic (exact) mass is 923 g/mol. The molecule has 16 heteroatoms. The molecule has 0 saturated carbocycles. The lowest BCUT2D eigenvalue weighted by molar-refractivity contribution is 0.0396. The Bertz CT molecular complexity index is 2010. The van der Waals surface area contributed by atoms with E-state index in [2.05, 4.69) is 35.0 Å². The molecule has 4 unspecified atom stereocenters. The summed E-state index contributed by atoms with van der Waals surface area (Å²) in [6, 6.07) is 28.6. The van der Waals surface area contributed by atoms with E-state index in [1.807, 2.05) is 74.5 Å². The lowest BCUT2D eigenvalue weighted by Gasteiger charge is -2.31. The second-order valence-electron chi connectivity index (χ2n) is 18.4. The number of sulfonamides is 1. The number of nitriles is 2. The standard InChI is InChI=1S/C28H39N3O5S.C21H33N3O3.H2O/c1-21-13-15-24(16-14-21)37(34,35)31(19-22(2)10-9-17-29)20-26(32)25(18-23-11-7-6-8-12-23)30-27(33)36-28(3,4)5;1-16(9-8-12-22)14-23-15-19(25)18(13-17-10-6-5-7-11-17)24-20(26)27-21(2,3)4;/h6-8,11-16,22,25-26,32H,9-10,18-20H2,1-5H3,(H,30,33);5-7,10-11,16,18-19,23,25H,8-9,13-15H2,1-4H3,(H,24,26);1H2/t22?,25-,26?;16?,18-,19?;/m00./s1. The van der Waals surface area contributed by atoms with Gasteiger partial charge in [0.05, 0.1) is 41.3 Å². The maximum Gasteiger partial charge on any atom is 0.407 e. The highest BCUT2D eigenvalue weighted by atomic mass is 32.2. The van der Waals surface area contributed by atoms with Gasteiger partial charge in [0.15, 0.2) is 0 Å². The molecule has 0 spiro atoms. The molecule has 0 fully saturated rings. The van der Waals surface area contributed by atoms with Crippen LogP contribution < -0.4 is 16.0 Å². The zero-order valence-electron chi connectivity index (χ0n) is 39.7. The van der Waals surface area contributed by atoms with E-state index < -0.39 is 57.7 Å². The lowest BCUT2D eigenvalue weighted by atomic mass is 10.0. The van der Waals surface area contributed by atoms with Crippen LogP contribution in [0.15, 0.2) is 89.8 Å². The highest BCUT2D eigenvalue weighted by molar-refractivity contribution is 7.89. The highest BCUT2D eigenvalue weighted by Gasteiger charge is 2.33. The minimum absolute atomic E-state index is 0. The van der Waals surface area contributed by atoms with E-state index in [0.29, 0.717) is 44.7 Å². The summed E-state index contributed by atoms with van der Waals surface area (Å²) >= 11 is 0. The predicted molar refractivity (Wildman–Crippen MR) is 253 cm³/mol. The molecule has 6 atom stereocenters. The van der Waals surface area contributed by atoms with Gasteiger partial charge in [-0.15, -0.1) is 0 Å². The zero-order valence-corrected chi connectivity index (χ0v) is 40.5. The molecule has 3 rings (SSSR count). The first-order chi connectivity index (χ1) is 30.0. The third-order valence-electron chi connectivity index (χ3n) is 9.84. The van der Waals surface area contributed by atoms with Crippen molar-refractivity contribution in [2.45, 2.75) is 141 Å². The molecule has 7 N–H and O–H groups in total. The Morgan fingerprint density at radius 2 is 1.11 bits per heavy atom. The molecular weight excluding hydrogens is 849 g/mol. The molecule has 0 radical (unpaired) electrons. The smallest absolute Gasteiger partial charge is 0.407 e. The van der Waals surface area contributed by atoms with Crippen LogP contribution in [0.25, 0.3) is 0 Å². The fourth-order valence-electron chi connectivity index (χ4n) is 6.47. The van der Waals surface area contributed by atoms with Crippen molar-refractivity contribution in [3.63, 3.8) is 0 Å². The fourth-order valence-corrected chi connectivity index (χ4v) is 8.05. The average Bonchev–Trinajstić information content (AvgIpc) is 3.21. The van der Waals surface area contributed by atoms with Crippen molar-refractivity contribution in [3.05, 3.63) is 102 Å². The van der Waals surface area contributed by atoms with Gasteiger partial charge in [0.2, 0.25) is 10.0 Å². The van der Waals surface area contributed by atoms with Crippen LogP contribution in [-0.2, 0) is 32.3 Å². The molecule has 15 nitrogen and oxygen atoms in total. The van der Waals surface area contributed by atoms with E-state index in [-0.39, 0.29) is 35.8 Å². The highest BCUT2D eigenvalue weighted by Crippen LogP contribution is 2.22. The van der Waals surface area contributed by atoms with Gasteiger partial charge in [-0.1, -0.05) is 92.2 Å². The number of hydrogen-bond acceptors (Lipinski definition) is 11. The summed E-state index contributed by atoms with van der Waals surface area (Å²) in [5.41, 5.74) is 1.50. The summed E-state index contributed by atoms with van der Waals surface area (Å²) in [5.74, 6) is 0.238. The van der Waals surface area contributed by atoms with Crippen molar-refractivity contribution in [1.29, 1.82) is 10.5 Å². The van der Waals surface area contributed by atoms with Crippen molar-refractivity contribution in [3.8, 4) is 12.1 Å². The van der Waals surface area contributed by atoms with Crippen molar-refractivity contribution in [2.75, 3.05) is 26.2 Å². The molecule has 65 heavy (non-hydrogen) atoms. The molecule has 0 aliphatic carbocycles. The van der Waals surface area contributed by atoms with Gasteiger partial charge < -0.3 is 41.1 Å². The number of rotatable bonds is 22. The lowest BCUT2D eigenvalue weighted by Crippen LogP contribution is -2.52. The summed E-state index contributed by atoms with van der Waals surface area (Å²) in [4.78, 5) is 24.9. The second-order valence-corrected chi connectivity index (χ2v) is 20.4. The first kappa shape index (κ1) is 57.9. The molecule has 0 bridgehead atoms. The Hall–Kier alpha value is -5.07. The average molecular weight is 923 g/mol. The predicted octanol–water partition coefficient (Wildman–Crippen LogP) is 6.61. The Morgan fingerprint density at radius 1 is 0.677 bits per heavy atom. The van der Waals surface area contributed by atoms with E-state index in [9.17, 15) is 28.2 Å². The summed E-state index contributed by atoms with van der Waals surface area (Å²) in [6.45, 7) is 17.4. The quantitative estimate of drug-likeness (QED) is 0.0718. The fraction of sp³-hybridized carbons (Fsp3) is 0.551. The molecular formula is C49H74N6O9S. The molecule has 3 aromatic carbocycles. The molecule has 0 aliphatic rings. The van der Waals surface area contributed by atoms with Crippen LogP contribution in [0.2, 0.25) is 0 Å². The van der Waals surface area contributed by atoms with Crippen LogP contribution in [0.5, 0.6) is 0 Å². The molecule has 0 aliphatic heterocycles. The van der Waals surface area contributed by atoms with E-state index in [1.54, 1.807) is 65.8 Å². The van der Waals surface area contributed by atoms with E-state index in [4.69, 9.17) is 20.0 Å². The van der Waals surface area contributed by atoms with Gasteiger partial charge in [-0.2, -0.15) is 14.8 Å². The second kappa shape index (κ2) is 28.8. The molecule has 2 amide bonds. The molecule has 0 aromatic heterocycles. The topological polar surface area (TPSA) is 246 Å². The summed E-state index contributed by atoms with van der Waals surface area (Å²) in [5, 5.41) is 48.3. The number of benzene rings is 3. The van der Waals surface area contributed by atoms with Gasteiger partial charge in [-0.3, -0.25) is 0 Å². The van der Waals surface area contributed by atoms with Gasteiger partial charge in [0.25, 0.3) is 0 Å². The first-order valence-electron chi connectivity index (χ1n) is 22.0. The van der Waals surface area contributed by atoms with E-state index >= 15 is 0 Å². The molecule has 3 aromatic rings. The number of aliphatic hydroxyl groups excluding tert-OH is 2. The van der Waals surface area contributed by atoms with Crippen LogP contribution >= 0.6 is 0 Å². The summed E-state index contributed by atoms with van der Waals surface area (Å²) < 4.78 is 39.2. The van der Waals surface area contributed by atoms with Crippen LogP contribution in [-0.4, -0.2) is 102 Å². The Balaban J connectivity index is 0.000000672. The number of alkyl carbamates (subject to hydrolysis) is 2. The summed E-state index contributed by atoms with van der Waals surface area (Å²) in [6.07, 6.45) is -0.249.